The van der Waals surface area contributed by atoms with Gasteiger partial charge in [0.2, 0.25) is 5.88 Å². The van der Waals surface area contributed by atoms with E-state index in [-0.39, 0.29) is 12.0 Å². The Hall–Kier alpha value is -2.47. The molecule has 6 nitrogen and oxygen atoms in total. The Balaban J connectivity index is 1.77. The lowest BCUT2D eigenvalue weighted by molar-refractivity contribution is 0.00713. The van der Waals surface area contributed by atoms with Gasteiger partial charge in [-0.2, -0.15) is 0 Å². The summed E-state index contributed by atoms with van der Waals surface area (Å²) in [5.74, 6) is 0.775. The minimum atomic E-state index is -0.0774. The van der Waals surface area contributed by atoms with Crippen molar-refractivity contribution in [3.05, 3.63) is 48.4 Å². The maximum Gasteiger partial charge on any atom is 0.259 e. The molecule has 3 rings (SSSR count). The van der Waals surface area contributed by atoms with E-state index in [0.717, 1.165) is 19.4 Å². The second-order valence-electron chi connectivity index (χ2n) is 5.62. The van der Waals surface area contributed by atoms with Crippen molar-refractivity contribution in [2.75, 3.05) is 19.7 Å². The number of nitrogens with zero attached hydrogens (tertiary/aromatic N) is 3. The van der Waals surface area contributed by atoms with Crippen molar-refractivity contribution in [3.63, 3.8) is 0 Å². The summed E-state index contributed by atoms with van der Waals surface area (Å²) in [6.07, 6.45) is 6.90. The SMILES string of the molecule is CCO[C@@H]1CCCN(C(=O)c2cccnc2Oc2cccnc2)C1. The van der Waals surface area contributed by atoms with Crippen molar-refractivity contribution in [1.82, 2.24) is 14.9 Å². The highest BCUT2D eigenvalue weighted by Crippen LogP contribution is 2.24. The average Bonchev–Trinajstić information content (AvgIpc) is 2.63. The molecule has 1 aliphatic heterocycles. The number of amides is 1. The molecule has 1 fully saturated rings. The van der Waals surface area contributed by atoms with Crippen molar-refractivity contribution in [2.45, 2.75) is 25.9 Å². The fourth-order valence-electron chi connectivity index (χ4n) is 2.82. The molecule has 1 saturated heterocycles. The van der Waals surface area contributed by atoms with Crippen LogP contribution in [0, 0.1) is 0 Å². The van der Waals surface area contributed by atoms with Crippen LogP contribution in [0.5, 0.6) is 11.6 Å². The van der Waals surface area contributed by atoms with E-state index in [1.54, 1.807) is 42.9 Å². The molecule has 1 aliphatic rings. The minimum absolute atomic E-state index is 0.0774. The standard InChI is InChI=1S/C18H21N3O3/c1-2-23-15-7-5-11-21(13-15)18(22)16-8-4-10-20-17(16)24-14-6-3-9-19-12-14/h3-4,6,8-10,12,15H,2,5,7,11,13H2,1H3/t15-/m1/s1. The Labute approximate surface area is 141 Å². The zero-order valence-electron chi connectivity index (χ0n) is 13.7. The third-order valence-electron chi connectivity index (χ3n) is 3.92. The Morgan fingerprint density at radius 3 is 3.00 bits per heavy atom. The number of carbonyl (C=O) groups is 1. The molecule has 6 heteroatoms. The van der Waals surface area contributed by atoms with Gasteiger partial charge in [0.15, 0.2) is 0 Å². The smallest absolute Gasteiger partial charge is 0.259 e. The molecule has 2 aromatic heterocycles. The lowest BCUT2D eigenvalue weighted by Gasteiger charge is -2.32. The predicted octanol–water partition coefficient (Wildman–Crippen LogP) is 2.91. The Morgan fingerprint density at radius 1 is 1.33 bits per heavy atom. The molecule has 0 spiro atoms. The summed E-state index contributed by atoms with van der Waals surface area (Å²) in [5, 5.41) is 0. The molecule has 24 heavy (non-hydrogen) atoms. The summed E-state index contributed by atoms with van der Waals surface area (Å²) < 4.78 is 11.4. The third-order valence-corrected chi connectivity index (χ3v) is 3.92. The van der Waals surface area contributed by atoms with Gasteiger partial charge in [0, 0.05) is 32.1 Å². The first kappa shape index (κ1) is 16.4. The molecule has 3 heterocycles. The van der Waals surface area contributed by atoms with Crippen LogP contribution in [0.1, 0.15) is 30.1 Å². The normalized spacial score (nSPS) is 17.5. The van der Waals surface area contributed by atoms with E-state index in [2.05, 4.69) is 9.97 Å². The van der Waals surface area contributed by atoms with Crippen LogP contribution in [-0.4, -0.2) is 46.6 Å². The molecule has 0 radical (unpaired) electrons. The Bertz CT molecular complexity index is 676. The number of likely N-dealkylation sites (tertiary alicyclic amines) is 1. The van der Waals surface area contributed by atoms with Gasteiger partial charge in [0.05, 0.1) is 12.3 Å². The zero-order valence-corrected chi connectivity index (χ0v) is 13.7. The summed E-state index contributed by atoms with van der Waals surface area (Å²) in [5.41, 5.74) is 0.457. The average molecular weight is 327 g/mol. The highest BCUT2D eigenvalue weighted by atomic mass is 16.5. The van der Waals surface area contributed by atoms with E-state index < -0.39 is 0 Å². The quantitative estimate of drug-likeness (QED) is 0.845. The highest BCUT2D eigenvalue weighted by Gasteiger charge is 2.27. The second kappa shape index (κ2) is 7.88. The molecule has 0 N–H and O–H groups in total. The maximum absolute atomic E-state index is 12.9. The third kappa shape index (κ3) is 3.89. The van der Waals surface area contributed by atoms with Crippen LogP contribution < -0.4 is 4.74 Å². The molecule has 126 valence electrons. The van der Waals surface area contributed by atoms with E-state index in [4.69, 9.17) is 9.47 Å². The van der Waals surface area contributed by atoms with Gasteiger partial charge in [-0.3, -0.25) is 9.78 Å². The topological polar surface area (TPSA) is 64.5 Å². The van der Waals surface area contributed by atoms with Gasteiger partial charge < -0.3 is 14.4 Å². The monoisotopic (exact) mass is 327 g/mol. The molecule has 1 atom stereocenters. The summed E-state index contributed by atoms with van der Waals surface area (Å²) in [7, 11) is 0. The Kier molecular flexibility index (Phi) is 5.38. The van der Waals surface area contributed by atoms with Gasteiger partial charge in [-0.15, -0.1) is 0 Å². The van der Waals surface area contributed by atoms with Crippen molar-refractivity contribution in [2.24, 2.45) is 0 Å². The van der Waals surface area contributed by atoms with Crippen LogP contribution in [0.3, 0.4) is 0 Å². The largest absolute Gasteiger partial charge is 0.437 e. The van der Waals surface area contributed by atoms with Gasteiger partial charge in [-0.05, 0) is 44.0 Å². The van der Waals surface area contributed by atoms with Crippen LogP contribution >= 0.6 is 0 Å². The number of hydrogen-bond acceptors (Lipinski definition) is 5. The number of aromatic nitrogens is 2. The molecule has 0 aliphatic carbocycles. The summed E-state index contributed by atoms with van der Waals surface area (Å²) in [6, 6.07) is 7.04. The summed E-state index contributed by atoms with van der Waals surface area (Å²) in [4.78, 5) is 22.9. The molecule has 0 aromatic carbocycles. The molecule has 0 saturated carbocycles. The van der Waals surface area contributed by atoms with Crippen molar-refractivity contribution in [1.29, 1.82) is 0 Å². The van der Waals surface area contributed by atoms with Gasteiger partial charge in [-0.25, -0.2) is 4.98 Å². The second-order valence-corrected chi connectivity index (χ2v) is 5.62. The van der Waals surface area contributed by atoms with Crippen LogP contribution in [0.4, 0.5) is 0 Å². The van der Waals surface area contributed by atoms with Crippen molar-refractivity contribution < 1.29 is 14.3 Å². The molecule has 2 aromatic rings. The van der Waals surface area contributed by atoms with Crippen LogP contribution in [0.15, 0.2) is 42.9 Å². The highest BCUT2D eigenvalue weighted by molar-refractivity contribution is 5.96. The molecule has 0 unspecified atom stereocenters. The molecular weight excluding hydrogens is 306 g/mol. The predicted molar refractivity (Wildman–Crippen MR) is 89.1 cm³/mol. The van der Waals surface area contributed by atoms with Gasteiger partial charge in [0.25, 0.3) is 5.91 Å². The molecule has 1 amide bonds. The zero-order chi connectivity index (χ0) is 16.8. The summed E-state index contributed by atoms with van der Waals surface area (Å²) in [6.45, 7) is 3.97. The Morgan fingerprint density at radius 2 is 2.21 bits per heavy atom. The number of carbonyl (C=O) groups excluding carboxylic acids is 1. The lowest BCUT2D eigenvalue weighted by Crippen LogP contribution is -2.43. The van der Waals surface area contributed by atoms with E-state index in [9.17, 15) is 4.79 Å². The van der Waals surface area contributed by atoms with Gasteiger partial charge in [0.1, 0.15) is 11.3 Å². The first-order valence-corrected chi connectivity index (χ1v) is 8.21. The summed E-state index contributed by atoms with van der Waals surface area (Å²) >= 11 is 0. The van der Waals surface area contributed by atoms with Crippen molar-refractivity contribution in [3.8, 4) is 11.6 Å². The van der Waals surface area contributed by atoms with Gasteiger partial charge >= 0.3 is 0 Å². The first-order valence-electron chi connectivity index (χ1n) is 8.21. The number of ether oxygens (including phenoxy) is 2. The van der Waals surface area contributed by atoms with Crippen LogP contribution in [0.25, 0.3) is 0 Å². The van der Waals surface area contributed by atoms with E-state index in [1.165, 1.54) is 0 Å². The van der Waals surface area contributed by atoms with E-state index in [1.807, 2.05) is 11.8 Å². The number of pyridine rings is 2. The fourth-order valence-corrected chi connectivity index (χ4v) is 2.82. The first-order chi connectivity index (χ1) is 11.8. The van der Waals surface area contributed by atoms with Gasteiger partial charge in [-0.1, -0.05) is 0 Å². The van der Waals surface area contributed by atoms with E-state index in [0.29, 0.717) is 30.3 Å². The van der Waals surface area contributed by atoms with E-state index >= 15 is 0 Å². The molecule has 0 bridgehead atoms. The lowest BCUT2D eigenvalue weighted by atomic mass is 10.1. The molecular formula is C18H21N3O3. The number of rotatable bonds is 5. The maximum atomic E-state index is 12.9. The minimum Gasteiger partial charge on any atom is -0.437 e. The van der Waals surface area contributed by atoms with Crippen molar-refractivity contribution >= 4 is 5.91 Å². The van der Waals surface area contributed by atoms with Crippen LogP contribution in [0.2, 0.25) is 0 Å². The number of hydrogen-bond donors (Lipinski definition) is 0. The fraction of sp³-hybridized carbons (Fsp3) is 0.389. The number of piperidine rings is 1. The van der Waals surface area contributed by atoms with Crippen LogP contribution in [-0.2, 0) is 4.74 Å².